The summed E-state index contributed by atoms with van der Waals surface area (Å²) in [5.41, 5.74) is 5.57. The molecule has 3 N–H and O–H groups in total. The van der Waals surface area contributed by atoms with Gasteiger partial charge in [-0.25, -0.2) is 0 Å². The highest BCUT2D eigenvalue weighted by Crippen LogP contribution is 2.27. The second-order valence-electron chi connectivity index (χ2n) is 5.51. The van der Waals surface area contributed by atoms with Gasteiger partial charge in [0.2, 0.25) is 0 Å². The smallest absolute Gasteiger partial charge is 0.252 e. The molecule has 0 radical (unpaired) electrons. The maximum Gasteiger partial charge on any atom is 0.252 e. The van der Waals surface area contributed by atoms with Gasteiger partial charge >= 0.3 is 0 Å². The van der Waals surface area contributed by atoms with Gasteiger partial charge in [0, 0.05) is 6.04 Å². The molecule has 0 aromatic heterocycles. The average Bonchev–Trinajstić information content (AvgIpc) is 3.05. The second kappa shape index (κ2) is 6.23. The van der Waals surface area contributed by atoms with Crippen LogP contribution in [0.4, 0.5) is 0 Å². The molecule has 0 bridgehead atoms. The van der Waals surface area contributed by atoms with Crippen molar-refractivity contribution in [2.75, 3.05) is 6.54 Å². The molecule has 2 unspecified atom stereocenters. The summed E-state index contributed by atoms with van der Waals surface area (Å²) in [5.74, 6) is 0.0640. The first kappa shape index (κ1) is 14.1. The Kier molecular flexibility index (Phi) is 4.63. The highest BCUT2D eigenvalue weighted by Gasteiger charge is 2.35. The number of amidine groups is 1. The first-order chi connectivity index (χ1) is 9.11. The van der Waals surface area contributed by atoms with E-state index in [1.807, 2.05) is 6.92 Å². The molecule has 6 heteroatoms. The molecule has 19 heavy (non-hydrogen) atoms. The number of carbonyl (C=O) groups excluding carboxylic acids is 1. The summed E-state index contributed by atoms with van der Waals surface area (Å²) in [5, 5.41) is 11.7. The fraction of sp³-hybridized carbons (Fsp3) is 0.846. The summed E-state index contributed by atoms with van der Waals surface area (Å²) in [7, 11) is 0. The molecule has 0 aromatic rings. The first-order valence-electron chi connectivity index (χ1n) is 7.04. The lowest BCUT2D eigenvalue weighted by Gasteiger charge is -2.30. The van der Waals surface area contributed by atoms with Crippen molar-refractivity contribution in [1.82, 2.24) is 4.90 Å². The molecule has 1 heterocycles. The van der Waals surface area contributed by atoms with Gasteiger partial charge in [-0.15, -0.1) is 0 Å². The molecule has 2 atom stereocenters. The minimum Gasteiger partial charge on any atom is -0.409 e. The largest absolute Gasteiger partial charge is 0.409 e. The Labute approximate surface area is 113 Å². The number of nitrogens with two attached hydrogens (primary N) is 1. The van der Waals surface area contributed by atoms with Crippen molar-refractivity contribution in [1.29, 1.82) is 0 Å². The maximum absolute atomic E-state index is 12.5. The summed E-state index contributed by atoms with van der Waals surface area (Å²) >= 11 is 0. The predicted octanol–water partition coefficient (Wildman–Crippen LogP) is 1.07. The van der Waals surface area contributed by atoms with Gasteiger partial charge in [-0.05, 0) is 32.6 Å². The van der Waals surface area contributed by atoms with Crippen LogP contribution in [0, 0.1) is 0 Å². The van der Waals surface area contributed by atoms with Gasteiger partial charge in [0.15, 0.2) is 5.84 Å². The molecule has 0 aromatic carbocycles. The minimum atomic E-state index is -0.359. The number of amides is 1. The molecule has 2 fully saturated rings. The molecule has 2 rings (SSSR count). The molecule has 0 spiro atoms. The Morgan fingerprint density at radius 2 is 2.05 bits per heavy atom. The van der Waals surface area contributed by atoms with Gasteiger partial charge in [-0.3, -0.25) is 4.79 Å². The van der Waals surface area contributed by atoms with Crippen LogP contribution < -0.4 is 5.73 Å². The van der Waals surface area contributed by atoms with Crippen molar-refractivity contribution in [3.8, 4) is 0 Å². The highest BCUT2D eigenvalue weighted by atomic mass is 16.5. The number of carbonyl (C=O) groups is 1. The fourth-order valence-electron chi connectivity index (χ4n) is 2.98. The van der Waals surface area contributed by atoms with Crippen LogP contribution in [0.1, 0.15) is 45.4 Å². The van der Waals surface area contributed by atoms with E-state index >= 15 is 0 Å². The zero-order chi connectivity index (χ0) is 13.8. The Hall–Kier alpha value is -1.30. The van der Waals surface area contributed by atoms with E-state index in [1.165, 1.54) is 0 Å². The van der Waals surface area contributed by atoms with Gasteiger partial charge in [-0.1, -0.05) is 18.0 Å². The first-order valence-corrected chi connectivity index (χ1v) is 7.04. The minimum absolute atomic E-state index is 0.0112. The van der Waals surface area contributed by atoms with Crippen molar-refractivity contribution in [3.05, 3.63) is 0 Å². The van der Waals surface area contributed by atoms with E-state index in [1.54, 1.807) is 4.90 Å². The second-order valence-corrected chi connectivity index (χ2v) is 5.51. The lowest BCUT2D eigenvalue weighted by atomic mass is 10.1. The predicted molar refractivity (Wildman–Crippen MR) is 70.9 cm³/mol. The summed E-state index contributed by atoms with van der Waals surface area (Å²) in [4.78, 5) is 14.3. The van der Waals surface area contributed by atoms with Crippen molar-refractivity contribution in [2.45, 2.75) is 63.7 Å². The molecule has 1 saturated carbocycles. The third kappa shape index (κ3) is 3.37. The molecule has 1 aliphatic carbocycles. The molecule has 1 amide bonds. The van der Waals surface area contributed by atoms with Crippen LogP contribution in [-0.4, -0.2) is 46.6 Å². The van der Waals surface area contributed by atoms with Gasteiger partial charge in [0.1, 0.15) is 6.10 Å². The Bertz CT molecular complexity index is 353. The van der Waals surface area contributed by atoms with E-state index in [0.29, 0.717) is 0 Å². The number of nitrogens with zero attached hydrogens (tertiary/aromatic N) is 2. The van der Waals surface area contributed by atoms with Crippen LogP contribution in [0.5, 0.6) is 0 Å². The number of hydrogen-bond donors (Lipinski definition) is 2. The number of ether oxygens (including phenoxy) is 1. The summed E-state index contributed by atoms with van der Waals surface area (Å²) in [6.45, 7) is 2.17. The molecule has 6 nitrogen and oxygen atoms in total. The maximum atomic E-state index is 12.5. The normalized spacial score (nSPS) is 28.8. The summed E-state index contributed by atoms with van der Waals surface area (Å²) in [6.07, 6.45) is 5.71. The molecular weight excluding hydrogens is 246 g/mol. The van der Waals surface area contributed by atoms with Crippen LogP contribution in [-0.2, 0) is 9.53 Å². The number of hydrogen-bond acceptors (Lipinski definition) is 4. The highest BCUT2D eigenvalue weighted by molar-refractivity contribution is 5.89. The zero-order valence-corrected chi connectivity index (χ0v) is 11.4. The molecular formula is C13H23N3O3. The standard InChI is InChI=1S/C13H23N3O3/c1-9-6-7-11(19-9)13(17)16(8-12(14)15-18)10-4-2-3-5-10/h9-11,18H,2-8H2,1H3,(H2,14,15). The van der Waals surface area contributed by atoms with Crippen molar-refractivity contribution in [2.24, 2.45) is 10.9 Å². The molecule has 1 saturated heterocycles. The van der Waals surface area contributed by atoms with Gasteiger partial charge in [-0.2, -0.15) is 0 Å². The number of oxime groups is 1. The van der Waals surface area contributed by atoms with Crippen molar-refractivity contribution >= 4 is 11.7 Å². The zero-order valence-electron chi connectivity index (χ0n) is 11.4. The van der Waals surface area contributed by atoms with Crippen molar-refractivity contribution < 1.29 is 14.7 Å². The van der Waals surface area contributed by atoms with E-state index in [0.717, 1.165) is 38.5 Å². The average molecular weight is 269 g/mol. The monoisotopic (exact) mass is 269 g/mol. The van der Waals surface area contributed by atoms with Gasteiger partial charge < -0.3 is 20.6 Å². The van der Waals surface area contributed by atoms with Gasteiger partial charge in [0.25, 0.3) is 5.91 Å². The van der Waals surface area contributed by atoms with Crippen LogP contribution in [0.15, 0.2) is 5.16 Å². The van der Waals surface area contributed by atoms with Crippen molar-refractivity contribution in [3.63, 3.8) is 0 Å². The van der Waals surface area contributed by atoms with E-state index in [-0.39, 0.29) is 36.5 Å². The fourth-order valence-corrected chi connectivity index (χ4v) is 2.98. The van der Waals surface area contributed by atoms with E-state index in [4.69, 9.17) is 15.7 Å². The quantitative estimate of drug-likeness (QED) is 0.346. The SMILES string of the molecule is CC1CCC(C(=O)N(CC(N)=NO)C2CCCC2)O1. The lowest BCUT2D eigenvalue weighted by Crippen LogP contribution is -2.48. The summed E-state index contributed by atoms with van der Waals surface area (Å²) < 4.78 is 5.64. The molecule has 1 aliphatic heterocycles. The Morgan fingerprint density at radius 1 is 1.37 bits per heavy atom. The molecule has 108 valence electrons. The Morgan fingerprint density at radius 3 is 2.58 bits per heavy atom. The molecule has 2 aliphatic rings. The van der Waals surface area contributed by atoms with Crippen LogP contribution in [0.2, 0.25) is 0 Å². The van der Waals surface area contributed by atoms with Crippen LogP contribution in [0.3, 0.4) is 0 Å². The third-order valence-corrected chi connectivity index (χ3v) is 4.02. The summed E-state index contributed by atoms with van der Waals surface area (Å²) in [6, 6.07) is 0.201. The Balaban J connectivity index is 2.05. The van der Waals surface area contributed by atoms with E-state index < -0.39 is 0 Å². The van der Waals surface area contributed by atoms with Gasteiger partial charge in [0.05, 0.1) is 12.6 Å². The van der Waals surface area contributed by atoms with E-state index in [2.05, 4.69) is 5.16 Å². The topological polar surface area (TPSA) is 88.2 Å². The lowest BCUT2D eigenvalue weighted by molar-refractivity contribution is -0.144. The third-order valence-electron chi connectivity index (χ3n) is 4.02. The van der Waals surface area contributed by atoms with Crippen LogP contribution >= 0.6 is 0 Å². The van der Waals surface area contributed by atoms with Crippen LogP contribution in [0.25, 0.3) is 0 Å². The number of rotatable bonds is 4. The van der Waals surface area contributed by atoms with E-state index in [9.17, 15) is 4.79 Å².